The number of aromatic amines is 1. The first-order chi connectivity index (χ1) is 19.0. The maximum atomic E-state index is 9.06. The maximum absolute atomic E-state index is 9.06. The number of tetrazole rings is 1. The van der Waals surface area contributed by atoms with Crippen LogP contribution in [0.15, 0.2) is 65.7 Å². The molecular weight excluding hydrogens is 512 g/mol. The summed E-state index contributed by atoms with van der Waals surface area (Å²) in [5, 5.41) is 27.2. The van der Waals surface area contributed by atoms with Gasteiger partial charge in [0.05, 0.1) is 10.5 Å². The Morgan fingerprint density at radius 2 is 1.90 bits per heavy atom. The van der Waals surface area contributed by atoms with Gasteiger partial charge in [0, 0.05) is 38.3 Å². The average molecular weight is 539 g/mol. The van der Waals surface area contributed by atoms with Crippen LogP contribution in [0.3, 0.4) is 0 Å². The number of anilines is 1. The Bertz CT molecular complexity index is 1660. The lowest BCUT2D eigenvalue weighted by atomic mass is 9.98. The van der Waals surface area contributed by atoms with E-state index >= 15 is 0 Å². The number of benzene rings is 3. The number of nitrogens with one attached hydrogen (secondary N) is 2. The summed E-state index contributed by atoms with van der Waals surface area (Å²) in [6, 6.07) is 20.3. The Hall–Kier alpha value is -4.75. The maximum Gasteiger partial charge on any atom is 0.213 e. The van der Waals surface area contributed by atoms with Crippen LogP contribution < -0.4 is 5.32 Å². The highest BCUT2D eigenvalue weighted by Gasteiger charge is 2.16. The Morgan fingerprint density at radius 1 is 1.13 bits per heavy atom. The number of guanidine groups is 1. The highest BCUT2D eigenvalue weighted by atomic mass is 35.5. The van der Waals surface area contributed by atoms with E-state index in [1.165, 1.54) is 0 Å². The van der Waals surface area contributed by atoms with Crippen molar-refractivity contribution in [1.29, 1.82) is 5.26 Å². The van der Waals surface area contributed by atoms with Crippen LogP contribution in [-0.4, -0.2) is 55.1 Å². The molecule has 10 nitrogen and oxygen atoms in total. The molecule has 5 rings (SSSR count). The molecule has 0 radical (unpaired) electrons. The van der Waals surface area contributed by atoms with Crippen molar-refractivity contribution >= 4 is 34.3 Å². The molecule has 0 unspecified atom stereocenters. The highest BCUT2D eigenvalue weighted by Crippen LogP contribution is 2.32. The van der Waals surface area contributed by atoms with Crippen LogP contribution in [0.1, 0.15) is 24.7 Å². The molecular formula is C28H27ClN10. The SMILES string of the molecule is CCCc1nc2c(Cl)cc(N/C(=N\C#N)N(C)C)cc2n1Cc1ccc(-c2ccccc2-c2nnn[nH]2)cc1. The lowest BCUT2D eigenvalue weighted by Gasteiger charge is -2.16. The first kappa shape index (κ1) is 25.9. The number of hydrogen-bond donors (Lipinski definition) is 2. The van der Waals surface area contributed by atoms with E-state index in [0.717, 1.165) is 57.6 Å². The van der Waals surface area contributed by atoms with Crippen molar-refractivity contribution in [2.24, 2.45) is 4.99 Å². The summed E-state index contributed by atoms with van der Waals surface area (Å²) >= 11 is 6.69. The van der Waals surface area contributed by atoms with Crippen LogP contribution in [0.2, 0.25) is 5.02 Å². The average Bonchev–Trinajstić information content (AvgIpc) is 3.59. The second-order valence-corrected chi connectivity index (χ2v) is 9.64. The van der Waals surface area contributed by atoms with Crippen molar-refractivity contribution in [3.63, 3.8) is 0 Å². The normalized spacial score (nSPS) is 11.5. The van der Waals surface area contributed by atoms with Gasteiger partial charge >= 0.3 is 0 Å². The van der Waals surface area contributed by atoms with Gasteiger partial charge in [-0.05, 0) is 45.7 Å². The molecule has 0 amide bonds. The fraction of sp³-hybridized carbons (Fsp3) is 0.214. The molecule has 0 fully saturated rings. The standard InChI is InChI=1S/C28H27ClN10/c1-4-7-25-33-26-23(29)14-20(32-28(31-17-30)38(2)3)15-24(26)39(25)16-18-10-12-19(13-11-18)21-8-5-6-9-22(21)27-34-36-37-35-27/h5-6,8-15H,4,7,16H2,1-3H3,(H,31,32)(H,34,35,36,37). The van der Waals surface area contributed by atoms with Gasteiger partial charge in [-0.3, -0.25) is 0 Å². The van der Waals surface area contributed by atoms with Gasteiger partial charge in [0.2, 0.25) is 12.2 Å². The second-order valence-electron chi connectivity index (χ2n) is 9.24. The third-order valence-corrected chi connectivity index (χ3v) is 6.62. The number of aromatic nitrogens is 6. The van der Waals surface area contributed by atoms with Gasteiger partial charge in [-0.25, -0.2) is 10.1 Å². The number of nitrogens with zero attached hydrogens (tertiary/aromatic N) is 8. The number of rotatable bonds is 7. The molecule has 196 valence electrons. The zero-order valence-electron chi connectivity index (χ0n) is 21.9. The Kier molecular flexibility index (Phi) is 7.52. The smallest absolute Gasteiger partial charge is 0.213 e. The number of aryl methyl sites for hydroxylation is 1. The quantitative estimate of drug-likeness (QED) is 0.163. The van der Waals surface area contributed by atoms with Gasteiger partial charge in [0.25, 0.3) is 0 Å². The summed E-state index contributed by atoms with van der Waals surface area (Å²) in [4.78, 5) is 10.5. The number of hydrogen-bond acceptors (Lipinski definition) is 6. The summed E-state index contributed by atoms with van der Waals surface area (Å²) in [7, 11) is 3.63. The number of halogens is 1. The van der Waals surface area contributed by atoms with E-state index in [9.17, 15) is 0 Å². The van der Waals surface area contributed by atoms with E-state index < -0.39 is 0 Å². The number of fused-ring (bicyclic) bond motifs is 1. The van der Waals surface area contributed by atoms with Crippen molar-refractivity contribution in [2.45, 2.75) is 26.3 Å². The molecule has 0 saturated carbocycles. The predicted octanol–water partition coefficient (Wildman–Crippen LogP) is 5.35. The van der Waals surface area contributed by atoms with E-state index in [1.54, 1.807) is 4.90 Å². The summed E-state index contributed by atoms with van der Waals surface area (Å²) in [6.07, 6.45) is 3.61. The zero-order valence-corrected chi connectivity index (χ0v) is 22.6. The Balaban J connectivity index is 1.50. The van der Waals surface area contributed by atoms with Crippen LogP contribution >= 0.6 is 11.6 Å². The molecule has 5 aromatic rings. The van der Waals surface area contributed by atoms with E-state index in [0.29, 0.717) is 23.4 Å². The zero-order chi connectivity index (χ0) is 27.4. The van der Waals surface area contributed by atoms with Gasteiger partial charge < -0.3 is 14.8 Å². The fourth-order valence-electron chi connectivity index (χ4n) is 4.50. The van der Waals surface area contributed by atoms with E-state index in [-0.39, 0.29) is 0 Å². The van der Waals surface area contributed by atoms with Gasteiger partial charge in [0.1, 0.15) is 11.3 Å². The van der Waals surface area contributed by atoms with Crippen LogP contribution in [0, 0.1) is 11.5 Å². The van der Waals surface area contributed by atoms with E-state index in [1.807, 2.05) is 50.6 Å². The molecule has 0 aliphatic heterocycles. The highest BCUT2D eigenvalue weighted by molar-refractivity contribution is 6.35. The Labute approximate surface area is 231 Å². The van der Waals surface area contributed by atoms with Gasteiger partial charge in [0.15, 0.2) is 5.82 Å². The molecule has 2 heterocycles. The predicted molar refractivity (Wildman–Crippen MR) is 153 cm³/mol. The van der Waals surface area contributed by atoms with Crippen LogP contribution in [0.25, 0.3) is 33.5 Å². The first-order valence-corrected chi connectivity index (χ1v) is 12.9. The molecule has 3 aromatic carbocycles. The number of H-pyrrole nitrogens is 1. The van der Waals surface area contributed by atoms with Crippen molar-refractivity contribution < 1.29 is 0 Å². The largest absolute Gasteiger partial charge is 0.348 e. The molecule has 39 heavy (non-hydrogen) atoms. The third kappa shape index (κ3) is 5.44. The molecule has 0 spiro atoms. The fourth-order valence-corrected chi connectivity index (χ4v) is 4.75. The lowest BCUT2D eigenvalue weighted by Crippen LogP contribution is -2.29. The summed E-state index contributed by atoms with van der Waals surface area (Å²) in [5.41, 5.74) is 6.57. The van der Waals surface area contributed by atoms with Crippen molar-refractivity contribution in [1.82, 2.24) is 35.1 Å². The second kappa shape index (κ2) is 11.3. The first-order valence-electron chi connectivity index (χ1n) is 12.5. The molecule has 0 saturated heterocycles. The van der Waals surface area contributed by atoms with Gasteiger partial charge in [-0.1, -0.05) is 67.1 Å². The lowest BCUT2D eigenvalue weighted by molar-refractivity contribution is 0.621. The molecule has 0 atom stereocenters. The molecule has 2 aromatic heterocycles. The van der Waals surface area contributed by atoms with Crippen molar-refractivity contribution in [3.8, 4) is 28.7 Å². The van der Waals surface area contributed by atoms with Crippen molar-refractivity contribution in [3.05, 3.63) is 77.1 Å². The van der Waals surface area contributed by atoms with Gasteiger partial charge in [-0.15, -0.1) is 10.1 Å². The van der Waals surface area contributed by atoms with Gasteiger partial charge in [-0.2, -0.15) is 5.26 Å². The summed E-state index contributed by atoms with van der Waals surface area (Å²) < 4.78 is 2.20. The summed E-state index contributed by atoms with van der Waals surface area (Å²) in [6.45, 7) is 2.77. The topological polar surface area (TPSA) is 124 Å². The monoisotopic (exact) mass is 538 g/mol. The molecule has 0 aliphatic rings. The number of imidazole rings is 1. The minimum Gasteiger partial charge on any atom is -0.348 e. The summed E-state index contributed by atoms with van der Waals surface area (Å²) in [5.74, 6) is 2.02. The number of nitriles is 1. The number of aliphatic imine (C=N–C) groups is 1. The molecule has 0 aliphatic carbocycles. The van der Waals surface area contributed by atoms with Crippen LogP contribution in [0.5, 0.6) is 0 Å². The van der Waals surface area contributed by atoms with E-state index in [2.05, 4.69) is 72.8 Å². The minimum absolute atomic E-state index is 0.421. The Morgan fingerprint density at radius 3 is 2.56 bits per heavy atom. The van der Waals surface area contributed by atoms with Crippen molar-refractivity contribution in [2.75, 3.05) is 19.4 Å². The third-order valence-electron chi connectivity index (χ3n) is 6.33. The van der Waals surface area contributed by atoms with Crippen LogP contribution in [0.4, 0.5) is 5.69 Å². The molecule has 11 heteroatoms. The molecule has 0 bridgehead atoms. The minimum atomic E-state index is 0.421. The van der Waals surface area contributed by atoms with Crippen LogP contribution in [-0.2, 0) is 13.0 Å². The van der Waals surface area contributed by atoms with E-state index in [4.69, 9.17) is 21.8 Å². The molecule has 2 N–H and O–H groups in total.